The molecule has 5 nitrogen and oxygen atoms in total. The predicted molar refractivity (Wildman–Crippen MR) is 150 cm³/mol. The SMILES string of the molecule is CCOc1cc(C2C3=C(CCCC3=O)N(CC)C3=C2C(=O)CCC3)cc(Cl)c1OCc1ccc(Cl)cc1Cl. The van der Waals surface area contributed by atoms with Crippen LogP contribution >= 0.6 is 34.8 Å². The number of carbonyl (C=O) groups excluding carboxylic acids is 2. The molecule has 200 valence electrons. The van der Waals surface area contributed by atoms with Crippen LogP contribution in [0.4, 0.5) is 0 Å². The summed E-state index contributed by atoms with van der Waals surface area (Å²) in [4.78, 5) is 29.0. The first-order valence-corrected chi connectivity index (χ1v) is 14.3. The summed E-state index contributed by atoms with van der Waals surface area (Å²) in [5.41, 5.74) is 5.09. The lowest BCUT2D eigenvalue weighted by molar-refractivity contribution is -0.117. The first-order chi connectivity index (χ1) is 18.3. The highest BCUT2D eigenvalue weighted by molar-refractivity contribution is 6.35. The molecule has 8 heteroatoms. The van der Waals surface area contributed by atoms with Gasteiger partial charge in [0.25, 0.3) is 0 Å². The van der Waals surface area contributed by atoms with Gasteiger partial charge in [-0.15, -0.1) is 0 Å². The molecule has 0 unspecified atom stereocenters. The second-order valence-electron chi connectivity index (χ2n) is 9.74. The van der Waals surface area contributed by atoms with Crippen molar-refractivity contribution in [2.45, 2.75) is 64.9 Å². The number of ether oxygens (including phenoxy) is 2. The summed E-state index contributed by atoms with van der Waals surface area (Å²) < 4.78 is 12.1. The van der Waals surface area contributed by atoms with E-state index >= 15 is 0 Å². The molecule has 3 aliphatic rings. The third-order valence-electron chi connectivity index (χ3n) is 7.45. The Hall–Kier alpha value is -2.47. The predicted octanol–water partition coefficient (Wildman–Crippen LogP) is 8.06. The molecule has 0 aromatic heterocycles. The van der Waals surface area contributed by atoms with Gasteiger partial charge in [-0.3, -0.25) is 9.59 Å². The number of Topliss-reactive ketones (excluding diaryl/α,β-unsaturated/α-hetero) is 2. The van der Waals surface area contributed by atoms with Crippen LogP contribution in [0.5, 0.6) is 11.5 Å². The molecule has 0 amide bonds. The molecule has 38 heavy (non-hydrogen) atoms. The van der Waals surface area contributed by atoms with E-state index in [1.807, 2.05) is 19.1 Å². The first-order valence-electron chi connectivity index (χ1n) is 13.2. The minimum atomic E-state index is -0.458. The molecule has 0 bridgehead atoms. The highest BCUT2D eigenvalue weighted by Crippen LogP contribution is 2.51. The van der Waals surface area contributed by atoms with Gasteiger partial charge in [0, 0.05) is 63.5 Å². The Kier molecular flexibility index (Phi) is 8.08. The number of hydrogen-bond acceptors (Lipinski definition) is 5. The maximum Gasteiger partial charge on any atom is 0.180 e. The average molecular weight is 575 g/mol. The van der Waals surface area contributed by atoms with Gasteiger partial charge in [-0.1, -0.05) is 40.9 Å². The Morgan fingerprint density at radius 1 is 0.842 bits per heavy atom. The van der Waals surface area contributed by atoms with Crippen molar-refractivity contribution < 1.29 is 19.1 Å². The molecule has 0 fully saturated rings. The number of benzene rings is 2. The average Bonchev–Trinajstić information content (AvgIpc) is 2.88. The lowest BCUT2D eigenvalue weighted by atomic mass is 9.71. The Morgan fingerprint density at radius 3 is 2.08 bits per heavy atom. The number of halogens is 3. The molecule has 1 heterocycles. The van der Waals surface area contributed by atoms with E-state index in [2.05, 4.69) is 11.8 Å². The highest BCUT2D eigenvalue weighted by atomic mass is 35.5. The van der Waals surface area contributed by atoms with Gasteiger partial charge >= 0.3 is 0 Å². The van der Waals surface area contributed by atoms with Crippen LogP contribution in [0.1, 0.15) is 69.4 Å². The van der Waals surface area contributed by atoms with E-state index in [0.717, 1.165) is 65.9 Å². The second kappa shape index (κ2) is 11.3. The quantitative estimate of drug-likeness (QED) is 0.335. The van der Waals surface area contributed by atoms with Crippen molar-refractivity contribution in [1.82, 2.24) is 4.90 Å². The van der Waals surface area contributed by atoms with Gasteiger partial charge in [-0.25, -0.2) is 0 Å². The standard InChI is InChI=1S/C30H30Cl3NO4/c1-3-34-22-7-5-9-24(35)28(22)27(29-23(34)8-6-10-25(29)36)18-13-21(33)30(26(14-18)37-4-2)38-16-17-11-12-19(31)15-20(17)32/h11-15,27H,3-10,16H2,1-2H3. The zero-order valence-electron chi connectivity index (χ0n) is 21.5. The molecule has 2 aliphatic carbocycles. The van der Waals surface area contributed by atoms with Crippen molar-refractivity contribution in [3.05, 3.63) is 79.1 Å². The molecule has 0 N–H and O–H groups in total. The topological polar surface area (TPSA) is 55.8 Å². The molecule has 2 aromatic carbocycles. The molecular formula is C30H30Cl3NO4. The molecular weight excluding hydrogens is 545 g/mol. The zero-order chi connectivity index (χ0) is 27.0. The summed E-state index contributed by atoms with van der Waals surface area (Å²) in [5, 5.41) is 1.39. The zero-order valence-corrected chi connectivity index (χ0v) is 23.8. The summed E-state index contributed by atoms with van der Waals surface area (Å²) in [7, 11) is 0. The Balaban J connectivity index is 1.60. The highest BCUT2D eigenvalue weighted by Gasteiger charge is 2.43. The fraction of sp³-hybridized carbons (Fsp3) is 0.400. The van der Waals surface area contributed by atoms with E-state index in [9.17, 15) is 9.59 Å². The van der Waals surface area contributed by atoms with Gasteiger partial charge in [-0.05, 0) is 69.4 Å². The fourth-order valence-electron chi connectivity index (χ4n) is 5.88. The van der Waals surface area contributed by atoms with Crippen LogP contribution in [0, 0.1) is 0 Å². The normalized spacial score (nSPS) is 18.1. The smallest absolute Gasteiger partial charge is 0.180 e. The number of rotatable bonds is 7. The fourth-order valence-corrected chi connectivity index (χ4v) is 6.61. The lowest BCUT2D eigenvalue weighted by Gasteiger charge is -2.43. The summed E-state index contributed by atoms with van der Waals surface area (Å²) in [6.07, 6.45) is 4.26. The van der Waals surface area contributed by atoms with Crippen LogP contribution in [0.25, 0.3) is 0 Å². The third kappa shape index (κ3) is 4.97. The summed E-state index contributed by atoms with van der Waals surface area (Å²) in [5.74, 6) is 0.606. The van der Waals surface area contributed by atoms with Gasteiger partial charge in [0.15, 0.2) is 23.1 Å². The van der Waals surface area contributed by atoms with Crippen LogP contribution in [0.3, 0.4) is 0 Å². The second-order valence-corrected chi connectivity index (χ2v) is 11.0. The van der Waals surface area contributed by atoms with Crippen LogP contribution in [-0.4, -0.2) is 29.6 Å². The molecule has 1 aliphatic heterocycles. The minimum Gasteiger partial charge on any atom is -0.490 e. The van der Waals surface area contributed by atoms with E-state index < -0.39 is 5.92 Å². The molecule has 0 radical (unpaired) electrons. The van der Waals surface area contributed by atoms with Crippen molar-refractivity contribution in [1.29, 1.82) is 0 Å². The number of carbonyl (C=O) groups is 2. The van der Waals surface area contributed by atoms with Crippen molar-refractivity contribution in [2.24, 2.45) is 0 Å². The van der Waals surface area contributed by atoms with Crippen molar-refractivity contribution in [3.8, 4) is 11.5 Å². The summed E-state index contributed by atoms with van der Waals surface area (Å²) >= 11 is 19.2. The molecule has 2 aromatic rings. The molecule has 0 saturated heterocycles. The van der Waals surface area contributed by atoms with Gasteiger partial charge in [0.2, 0.25) is 0 Å². The lowest BCUT2D eigenvalue weighted by Crippen LogP contribution is -2.39. The Labute approximate surface area is 238 Å². The molecule has 5 rings (SSSR count). The van der Waals surface area contributed by atoms with Gasteiger partial charge in [0.05, 0.1) is 11.6 Å². The largest absolute Gasteiger partial charge is 0.490 e. The van der Waals surface area contributed by atoms with E-state index in [1.165, 1.54) is 0 Å². The van der Waals surface area contributed by atoms with Crippen LogP contribution in [0.2, 0.25) is 15.1 Å². The molecule has 0 saturated carbocycles. The minimum absolute atomic E-state index is 0.103. The van der Waals surface area contributed by atoms with Crippen molar-refractivity contribution in [3.63, 3.8) is 0 Å². The number of hydrogen-bond donors (Lipinski definition) is 0. The Morgan fingerprint density at radius 2 is 1.50 bits per heavy atom. The summed E-state index contributed by atoms with van der Waals surface area (Å²) in [6.45, 7) is 5.26. The van der Waals surface area contributed by atoms with E-state index in [-0.39, 0.29) is 18.2 Å². The maximum absolute atomic E-state index is 13.4. The summed E-state index contributed by atoms with van der Waals surface area (Å²) in [6, 6.07) is 8.91. The van der Waals surface area contributed by atoms with Gasteiger partial charge in [0.1, 0.15) is 6.61 Å². The molecule has 0 atom stereocenters. The van der Waals surface area contributed by atoms with Crippen LogP contribution in [0.15, 0.2) is 52.9 Å². The van der Waals surface area contributed by atoms with Crippen molar-refractivity contribution >= 4 is 46.4 Å². The number of allylic oxidation sites excluding steroid dienone is 4. The van der Waals surface area contributed by atoms with E-state index in [4.69, 9.17) is 44.3 Å². The van der Waals surface area contributed by atoms with Crippen molar-refractivity contribution in [2.75, 3.05) is 13.2 Å². The first kappa shape index (κ1) is 27.1. The van der Waals surface area contributed by atoms with Crippen LogP contribution in [-0.2, 0) is 16.2 Å². The van der Waals surface area contributed by atoms with E-state index in [1.54, 1.807) is 18.2 Å². The van der Waals surface area contributed by atoms with Gasteiger partial charge in [-0.2, -0.15) is 0 Å². The number of ketones is 2. The third-order valence-corrected chi connectivity index (χ3v) is 8.32. The van der Waals surface area contributed by atoms with Gasteiger partial charge < -0.3 is 14.4 Å². The Bertz CT molecular complexity index is 1320. The number of nitrogens with zero attached hydrogens (tertiary/aromatic N) is 1. The molecule has 0 spiro atoms. The maximum atomic E-state index is 13.4. The van der Waals surface area contributed by atoms with Crippen LogP contribution < -0.4 is 9.47 Å². The van der Waals surface area contributed by atoms with E-state index in [0.29, 0.717) is 46.0 Å². The monoisotopic (exact) mass is 573 g/mol.